The van der Waals surface area contributed by atoms with Crippen LogP contribution in [0, 0.1) is 17.7 Å². The summed E-state index contributed by atoms with van der Waals surface area (Å²) in [7, 11) is 0. The lowest BCUT2D eigenvalue weighted by molar-refractivity contribution is 0.239. The van der Waals surface area contributed by atoms with Crippen LogP contribution in [0.4, 0.5) is 4.39 Å². The Morgan fingerprint density at radius 3 is 2.44 bits per heavy atom. The van der Waals surface area contributed by atoms with Crippen molar-refractivity contribution in [2.24, 2.45) is 11.8 Å². The van der Waals surface area contributed by atoms with E-state index in [-0.39, 0.29) is 12.4 Å². The van der Waals surface area contributed by atoms with E-state index in [2.05, 4.69) is 19.2 Å². The van der Waals surface area contributed by atoms with Gasteiger partial charge < -0.3 is 10.4 Å². The molecule has 0 saturated carbocycles. The molecular weight excluding hydrogens is 229 g/mol. The van der Waals surface area contributed by atoms with Crippen molar-refractivity contribution in [2.75, 3.05) is 13.2 Å². The van der Waals surface area contributed by atoms with Gasteiger partial charge in [0, 0.05) is 13.2 Å². The van der Waals surface area contributed by atoms with Gasteiger partial charge in [-0.25, -0.2) is 4.39 Å². The van der Waals surface area contributed by atoms with Gasteiger partial charge in [-0.2, -0.15) is 0 Å². The number of halogens is 1. The Bertz CT molecular complexity index is 324. The number of nitrogens with one attached hydrogen (secondary N) is 1. The van der Waals surface area contributed by atoms with Gasteiger partial charge in [-0.3, -0.25) is 0 Å². The Morgan fingerprint density at radius 2 is 1.89 bits per heavy atom. The van der Waals surface area contributed by atoms with E-state index in [1.54, 1.807) is 12.1 Å². The Morgan fingerprint density at radius 1 is 1.22 bits per heavy atom. The van der Waals surface area contributed by atoms with Gasteiger partial charge >= 0.3 is 0 Å². The Labute approximate surface area is 109 Å². The second-order valence-electron chi connectivity index (χ2n) is 5.27. The topological polar surface area (TPSA) is 32.3 Å². The van der Waals surface area contributed by atoms with Crippen LogP contribution in [-0.2, 0) is 6.54 Å². The molecule has 0 heterocycles. The van der Waals surface area contributed by atoms with E-state index in [1.807, 2.05) is 0 Å². The molecule has 2 nitrogen and oxygen atoms in total. The number of hydrogen-bond acceptors (Lipinski definition) is 2. The van der Waals surface area contributed by atoms with E-state index < -0.39 is 0 Å². The number of benzene rings is 1. The third kappa shape index (κ3) is 6.12. The monoisotopic (exact) mass is 253 g/mol. The fraction of sp³-hybridized carbons (Fsp3) is 0.600. The van der Waals surface area contributed by atoms with Gasteiger partial charge in [0.05, 0.1) is 0 Å². The molecule has 0 aromatic heterocycles. The summed E-state index contributed by atoms with van der Waals surface area (Å²) in [4.78, 5) is 0. The van der Waals surface area contributed by atoms with Crippen LogP contribution in [0.25, 0.3) is 0 Å². The first-order chi connectivity index (χ1) is 8.61. The molecule has 0 radical (unpaired) electrons. The number of aliphatic hydroxyl groups excluding tert-OH is 1. The van der Waals surface area contributed by atoms with Crippen LogP contribution in [0.2, 0.25) is 0 Å². The summed E-state index contributed by atoms with van der Waals surface area (Å²) in [5, 5.41) is 12.4. The molecule has 0 aliphatic heterocycles. The predicted octanol–water partition coefficient (Wildman–Crippen LogP) is 2.96. The third-order valence-electron chi connectivity index (χ3n) is 3.02. The van der Waals surface area contributed by atoms with Crippen LogP contribution < -0.4 is 5.32 Å². The van der Waals surface area contributed by atoms with Crippen LogP contribution in [0.3, 0.4) is 0 Å². The van der Waals surface area contributed by atoms with Crippen molar-refractivity contribution in [1.29, 1.82) is 0 Å². The maximum atomic E-state index is 12.7. The van der Waals surface area contributed by atoms with Crippen LogP contribution >= 0.6 is 0 Å². The standard InChI is InChI=1S/C15H24FNO/c1-12(2)9-14(7-8-18)11-17-10-13-3-5-15(16)6-4-13/h3-6,12,14,17-18H,7-11H2,1-2H3. The SMILES string of the molecule is CC(C)CC(CCO)CNCc1ccc(F)cc1. The van der Waals surface area contributed by atoms with Gasteiger partial charge in [0.15, 0.2) is 0 Å². The van der Waals surface area contributed by atoms with E-state index in [4.69, 9.17) is 5.11 Å². The molecule has 0 bridgehead atoms. The Kier molecular flexibility index (Phi) is 6.91. The quantitative estimate of drug-likeness (QED) is 0.746. The van der Waals surface area contributed by atoms with Crippen molar-refractivity contribution in [3.63, 3.8) is 0 Å². The fourth-order valence-electron chi connectivity index (χ4n) is 2.18. The summed E-state index contributed by atoms with van der Waals surface area (Å²) >= 11 is 0. The minimum Gasteiger partial charge on any atom is -0.396 e. The molecular formula is C15H24FNO. The van der Waals surface area contributed by atoms with Crippen molar-refractivity contribution in [3.05, 3.63) is 35.6 Å². The molecule has 1 unspecified atom stereocenters. The normalized spacial score (nSPS) is 12.9. The maximum absolute atomic E-state index is 12.7. The zero-order valence-corrected chi connectivity index (χ0v) is 11.3. The minimum atomic E-state index is -0.197. The number of aliphatic hydroxyl groups is 1. The smallest absolute Gasteiger partial charge is 0.123 e. The van der Waals surface area contributed by atoms with Gasteiger partial charge in [0.1, 0.15) is 5.82 Å². The van der Waals surface area contributed by atoms with Gasteiger partial charge in [-0.15, -0.1) is 0 Å². The molecule has 0 amide bonds. The molecule has 0 aliphatic carbocycles. The molecule has 3 heteroatoms. The number of hydrogen-bond donors (Lipinski definition) is 2. The number of rotatable bonds is 8. The first-order valence-corrected chi connectivity index (χ1v) is 6.67. The lowest BCUT2D eigenvalue weighted by atomic mass is 9.94. The molecule has 0 aliphatic rings. The van der Waals surface area contributed by atoms with Crippen LogP contribution in [0.5, 0.6) is 0 Å². The summed E-state index contributed by atoms with van der Waals surface area (Å²) in [6.45, 7) is 6.29. The van der Waals surface area contributed by atoms with Crippen LogP contribution in [0.15, 0.2) is 24.3 Å². The van der Waals surface area contributed by atoms with Crippen molar-refractivity contribution < 1.29 is 9.50 Å². The summed E-state index contributed by atoms with van der Waals surface area (Å²) in [5.74, 6) is 0.960. The molecule has 1 aromatic carbocycles. The van der Waals surface area contributed by atoms with Crippen molar-refractivity contribution in [3.8, 4) is 0 Å². The van der Waals surface area contributed by atoms with Gasteiger partial charge in [0.25, 0.3) is 0 Å². The zero-order valence-electron chi connectivity index (χ0n) is 11.3. The Balaban J connectivity index is 2.31. The average Bonchev–Trinajstić information content (AvgIpc) is 2.31. The van der Waals surface area contributed by atoms with Crippen LogP contribution in [-0.4, -0.2) is 18.3 Å². The highest BCUT2D eigenvalue weighted by Gasteiger charge is 2.09. The predicted molar refractivity (Wildman–Crippen MR) is 72.8 cm³/mol. The summed E-state index contributed by atoms with van der Waals surface area (Å²) < 4.78 is 12.7. The van der Waals surface area contributed by atoms with E-state index in [9.17, 15) is 4.39 Å². The molecule has 102 valence electrons. The second-order valence-corrected chi connectivity index (χ2v) is 5.27. The van der Waals surface area contributed by atoms with Crippen molar-refractivity contribution >= 4 is 0 Å². The van der Waals surface area contributed by atoms with Gasteiger partial charge in [-0.1, -0.05) is 26.0 Å². The highest BCUT2D eigenvalue weighted by Crippen LogP contribution is 2.14. The highest BCUT2D eigenvalue weighted by molar-refractivity contribution is 5.15. The van der Waals surface area contributed by atoms with Gasteiger partial charge in [0.2, 0.25) is 0 Å². The minimum absolute atomic E-state index is 0.197. The first kappa shape index (κ1) is 15.1. The van der Waals surface area contributed by atoms with E-state index in [0.29, 0.717) is 11.8 Å². The molecule has 1 rings (SSSR count). The molecule has 1 aromatic rings. The lowest BCUT2D eigenvalue weighted by Crippen LogP contribution is -2.24. The van der Waals surface area contributed by atoms with Crippen molar-refractivity contribution in [1.82, 2.24) is 5.32 Å². The molecule has 2 N–H and O–H groups in total. The molecule has 18 heavy (non-hydrogen) atoms. The highest BCUT2D eigenvalue weighted by atomic mass is 19.1. The largest absolute Gasteiger partial charge is 0.396 e. The lowest BCUT2D eigenvalue weighted by Gasteiger charge is -2.18. The third-order valence-corrected chi connectivity index (χ3v) is 3.02. The van der Waals surface area contributed by atoms with Crippen molar-refractivity contribution in [2.45, 2.75) is 33.2 Å². The molecule has 0 fully saturated rings. The summed E-state index contributed by atoms with van der Waals surface area (Å²) in [6.07, 6.45) is 1.96. The Hall–Kier alpha value is -0.930. The average molecular weight is 253 g/mol. The molecule has 1 atom stereocenters. The molecule has 0 spiro atoms. The molecule has 0 saturated heterocycles. The second kappa shape index (κ2) is 8.22. The van der Waals surface area contributed by atoms with E-state index >= 15 is 0 Å². The first-order valence-electron chi connectivity index (χ1n) is 6.67. The van der Waals surface area contributed by atoms with E-state index in [1.165, 1.54) is 12.1 Å². The fourth-order valence-corrected chi connectivity index (χ4v) is 2.18. The summed E-state index contributed by atoms with van der Waals surface area (Å²) in [5.41, 5.74) is 1.09. The summed E-state index contributed by atoms with van der Waals surface area (Å²) in [6, 6.07) is 6.56. The van der Waals surface area contributed by atoms with E-state index in [0.717, 1.165) is 31.5 Å². The van der Waals surface area contributed by atoms with Crippen LogP contribution in [0.1, 0.15) is 32.3 Å². The van der Waals surface area contributed by atoms with Gasteiger partial charge in [-0.05, 0) is 48.9 Å². The zero-order chi connectivity index (χ0) is 13.4. The maximum Gasteiger partial charge on any atom is 0.123 e.